The van der Waals surface area contributed by atoms with Gasteiger partial charge in [-0.2, -0.15) is 0 Å². The molecule has 0 aliphatic rings. The van der Waals surface area contributed by atoms with E-state index in [4.69, 9.17) is 0 Å². The molecule has 0 aromatic carbocycles. The zero-order valence-corrected chi connectivity index (χ0v) is 13.3. The quantitative estimate of drug-likeness (QED) is 0.726. The lowest BCUT2D eigenvalue weighted by Gasteiger charge is -2.00. The number of halogens is 2. The maximum Gasteiger partial charge on any atom is 0.179 e. The van der Waals surface area contributed by atoms with Crippen LogP contribution in [0.5, 0.6) is 0 Å². The van der Waals surface area contributed by atoms with Gasteiger partial charge in [0.15, 0.2) is 15.6 Å². The Morgan fingerprint density at radius 3 is 2.50 bits per heavy atom. The normalized spacial score (nSPS) is 11.7. The molecule has 1 aromatic rings. The molecule has 0 bridgehead atoms. The first-order valence-electron chi connectivity index (χ1n) is 4.54. The Hall–Kier alpha value is 0.280. The average Bonchev–Trinajstić information content (AvgIpc) is 2.44. The third kappa shape index (κ3) is 3.94. The van der Waals surface area contributed by atoms with Crippen molar-refractivity contribution >= 4 is 58.8 Å². The second-order valence-electron chi connectivity index (χ2n) is 3.25. The van der Waals surface area contributed by atoms with E-state index in [0.717, 1.165) is 3.79 Å². The number of thiophene rings is 1. The summed E-state index contributed by atoms with van der Waals surface area (Å²) >= 11 is 7.84. The molecule has 0 aliphatic carbocycles. The predicted octanol–water partition coefficient (Wildman–Crippen LogP) is 3.28. The highest BCUT2D eigenvalue weighted by Crippen LogP contribution is 2.32. The van der Waals surface area contributed by atoms with Crippen molar-refractivity contribution in [2.45, 2.75) is 13.3 Å². The van der Waals surface area contributed by atoms with Gasteiger partial charge in [-0.3, -0.25) is 4.79 Å². The lowest BCUT2D eigenvalue weighted by Crippen LogP contribution is -2.18. The molecule has 0 spiro atoms. The van der Waals surface area contributed by atoms with Gasteiger partial charge < -0.3 is 0 Å². The summed E-state index contributed by atoms with van der Waals surface area (Å²) in [6.45, 7) is 1.78. The van der Waals surface area contributed by atoms with Crippen molar-refractivity contribution < 1.29 is 13.2 Å². The van der Waals surface area contributed by atoms with Gasteiger partial charge in [0.05, 0.1) is 13.3 Å². The molecule has 1 rings (SSSR count). The lowest BCUT2D eigenvalue weighted by molar-refractivity contribution is 0.102. The van der Waals surface area contributed by atoms with Crippen molar-refractivity contribution in [2.24, 2.45) is 0 Å². The summed E-state index contributed by atoms with van der Waals surface area (Å²) < 4.78 is 24.4. The number of carbonyl (C=O) groups is 1. The molecular weight excluding hydrogens is 380 g/mol. The molecule has 0 unspecified atom stereocenters. The Balaban J connectivity index is 2.85. The third-order valence-electron chi connectivity index (χ3n) is 1.82. The van der Waals surface area contributed by atoms with Crippen LogP contribution in [-0.4, -0.2) is 25.7 Å². The van der Waals surface area contributed by atoms with Gasteiger partial charge >= 0.3 is 0 Å². The number of hydrogen-bond donors (Lipinski definition) is 0. The standard InChI is InChI=1S/C9H10Br2O3S2/c1-2-3-16(13,14)5-7(12)6-4-8(10)15-9(6)11/h4H,2-3,5H2,1H3. The minimum absolute atomic E-state index is 0.0572. The largest absolute Gasteiger partial charge is 0.293 e. The van der Waals surface area contributed by atoms with E-state index < -0.39 is 15.6 Å². The molecule has 16 heavy (non-hydrogen) atoms. The zero-order chi connectivity index (χ0) is 12.3. The van der Waals surface area contributed by atoms with Crippen molar-refractivity contribution in [2.75, 3.05) is 11.5 Å². The van der Waals surface area contributed by atoms with Crippen LogP contribution in [0.4, 0.5) is 0 Å². The fourth-order valence-corrected chi connectivity index (χ4v) is 5.37. The van der Waals surface area contributed by atoms with Crippen LogP contribution < -0.4 is 0 Å². The molecule has 0 saturated carbocycles. The molecule has 0 amide bonds. The van der Waals surface area contributed by atoms with Gasteiger partial charge in [0, 0.05) is 5.56 Å². The number of sulfone groups is 1. The topological polar surface area (TPSA) is 51.2 Å². The summed E-state index contributed by atoms with van der Waals surface area (Å²) in [6.07, 6.45) is 0.532. The first-order valence-corrected chi connectivity index (χ1v) is 8.76. The fraction of sp³-hybridized carbons (Fsp3) is 0.444. The average molecular weight is 390 g/mol. The highest BCUT2D eigenvalue weighted by Gasteiger charge is 2.20. The van der Waals surface area contributed by atoms with Crippen LogP contribution in [0.3, 0.4) is 0 Å². The van der Waals surface area contributed by atoms with E-state index in [-0.39, 0.29) is 11.5 Å². The van der Waals surface area contributed by atoms with Gasteiger partial charge in [-0.25, -0.2) is 8.42 Å². The van der Waals surface area contributed by atoms with Crippen molar-refractivity contribution in [1.82, 2.24) is 0 Å². The summed E-state index contributed by atoms with van der Waals surface area (Å²) in [5.41, 5.74) is 0.427. The van der Waals surface area contributed by atoms with Crippen LogP contribution in [0.15, 0.2) is 13.6 Å². The minimum atomic E-state index is -3.27. The molecule has 0 N–H and O–H groups in total. The minimum Gasteiger partial charge on any atom is -0.293 e. The molecule has 90 valence electrons. The molecule has 1 aromatic heterocycles. The highest BCUT2D eigenvalue weighted by atomic mass is 79.9. The monoisotopic (exact) mass is 388 g/mol. The summed E-state index contributed by atoms with van der Waals surface area (Å²) in [7, 11) is -3.27. The molecule has 1 heterocycles. The number of Topliss-reactive ketones (excluding diaryl/α,β-unsaturated/α-hetero) is 1. The van der Waals surface area contributed by atoms with Crippen molar-refractivity contribution in [3.8, 4) is 0 Å². The number of rotatable bonds is 5. The predicted molar refractivity (Wildman–Crippen MR) is 73.0 cm³/mol. The van der Waals surface area contributed by atoms with Crippen LogP contribution >= 0.6 is 43.2 Å². The lowest BCUT2D eigenvalue weighted by atomic mass is 10.2. The van der Waals surface area contributed by atoms with Crippen molar-refractivity contribution in [3.05, 3.63) is 19.2 Å². The van der Waals surface area contributed by atoms with E-state index >= 15 is 0 Å². The van der Waals surface area contributed by atoms with E-state index in [1.807, 2.05) is 0 Å². The summed E-state index contributed by atoms with van der Waals surface area (Å²) in [6, 6.07) is 1.64. The smallest absolute Gasteiger partial charge is 0.179 e. The Morgan fingerprint density at radius 1 is 1.44 bits per heavy atom. The van der Waals surface area contributed by atoms with Crippen LogP contribution in [0, 0.1) is 0 Å². The molecule has 0 saturated heterocycles. The number of hydrogen-bond acceptors (Lipinski definition) is 4. The highest BCUT2D eigenvalue weighted by molar-refractivity contribution is 9.12. The molecule has 0 atom stereocenters. The van der Waals surface area contributed by atoms with Gasteiger partial charge in [-0.05, 0) is 44.3 Å². The van der Waals surface area contributed by atoms with Crippen LogP contribution in [0.2, 0.25) is 0 Å². The number of carbonyl (C=O) groups excluding carboxylic acids is 1. The van der Waals surface area contributed by atoms with Crippen molar-refractivity contribution in [1.29, 1.82) is 0 Å². The van der Waals surface area contributed by atoms with Crippen LogP contribution in [-0.2, 0) is 9.84 Å². The molecular formula is C9H10Br2O3S2. The van der Waals surface area contributed by atoms with E-state index in [1.54, 1.807) is 13.0 Å². The molecule has 0 radical (unpaired) electrons. The van der Waals surface area contributed by atoms with Gasteiger partial charge in [0.25, 0.3) is 0 Å². The van der Waals surface area contributed by atoms with Gasteiger partial charge in [0.1, 0.15) is 5.75 Å². The van der Waals surface area contributed by atoms with Gasteiger partial charge in [-0.15, -0.1) is 11.3 Å². The van der Waals surface area contributed by atoms with Gasteiger partial charge in [-0.1, -0.05) is 6.92 Å². The summed E-state index contributed by atoms with van der Waals surface area (Å²) in [5.74, 6) is -0.716. The van der Waals surface area contributed by atoms with Crippen LogP contribution in [0.1, 0.15) is 23.7 Å². The first kappa shape index (κ1) is 14.3. The van der Waals surface area contributed by atoms with E-state index in [2.05, 4.69) is 31.9 Å². The third-order valence-corrected chi connectivity index (χ3v) is 5.89. The Bertz CT molecular complexity index is 491. The second-order valence-corrected chi connectivity index (χ2v) is 9.19. The fourth-order valence-electron chi connectivity index (χ4n) is 1.19. The maximum atomic E-state index is 11.7. The van der Waals surface area contributed by atoms with Crippen LogP contribution in [0.25, 0.3) is 0 Å². The Kier molecular flexibility index (Phi) is 5.15. The van der Waals surface area contributed by atoms with E-state index in [1.165, 1.54) is 11.3 Å². The van der Waals surface area contributed by atoms with E-state index in [0.29, 0.717) is 15.8 Å². The Labute approximate surface area is 115 Å². The molecule has 0 aliphatic heterocycles. The van der Waals surface area contributed by atoms with E-state index in [9.17, 15) is 13.2 Å². The summed E-state index contributed by atoms with van der Waals surface area (Å²) in [5, 5.41) is 0. The molecule has 0 fully saturated rings. The van der Waals surface area contributed by atoms with Crippen molar-refractivity contribution in [3.63, 3.8) is 0 Å². The zero-order valence-electron chi connectivity index (χ0n) is 8.50. The second kappa shape index (κ2) is 5.75. The molecule has 7 heteroatoms. The Morgan fingerprint density at radius 2 is 2.06 bits per heavy atom. The van der Waals surface area contributed by atoms with Gasteiger partial charge in [0.2, 0.25) is 0 Å². The first-order chi connectivity index (χ1) is 7.35. The SMILES string of the molecule is CCCS(=O)(=O)CC(=O)c1cc(Br)sc1Br. The maximum absolute atomic E-state index is 11.7. The summed E-state index contributed by atoms with van der Waals surface area (Å²) in [4.78, 5) is 11.7. The number of ketones is 1. The molecule has 3 nitrogen and oxygen atoms in total.